The number of aromatic amines is 1. The maximum Gasteiger partial charge on any atom is 0.256 e. The van der Waals surface area contributed by atoms with Crippen molar-refractivity contribution in [2.24, 2.45) is 5.92 Å². The summed E-state index contributed by atoms with van der Waals surface area (Å²) in [7, 11) is 2.12. The van der Waals surface area contributed by atoms with E-state index < -0.39 is 0 Å². The van der Waals surface area contributed by atoms with Crippen molar-refractivity contribution in [2.45, 2.75) is 39.7 Å². The number of pyridine rings is 1. The molecule has 32 heavy (non-hydrogen) atoms. The number of nitrogens with one attached hydrogen (secondary N) is 1. The van der Waals surface area contributed by atoms with Gasteiger partial charge >= 0.3 is 0 Å². The third-order valence-electron chi connectivity index (χ3n) is 6.50. The van der Waals surface area contributed by atoms with Gasteiger partial charge in [-0.3, -0.25) is 4.79 Å². The van der Waals surface area contributed by atoms with Crippen LogP contribution in [0, 0.1) is 5.92 Å². The second kappa shape index (κ2) is 9.63. The van der Waals surface area contributed by atoms with Gasteiger partial charge in [0.15, 0.2) is 5.82 Å². The zero-order valence-electron chi connectivity index (χ0n) is 19.7. The lowest BCUT2D eigenvalue weighted by molar-refractivity contribution is 0.0713. The predicted octanol–water partition coefficient (Wildman–Crippen LogP) is 4.79. The van der Waals surface area contributed by atoms with E-state index >= 15 is 0 Å². The van der Waals surface area contributed by atoms with Crippen LogP contribution in [0.4, 0.5) is 11.5 Å². The number of para-hydroxylation sites is 1. The Morgan fingerprint density at radius 1 is 1.19 bits per heavy atom. The van der Waals surface area contributed by atoms with Crippen molar-refractivity contribution in [1.82, 2.24) is 14.9 Å². The molecule has 6 nitrogen and oxygen atoms in total. The van der Waals surface area contributed by atoms with Gasteiger partial charge in [-0.05, 0) is 43.9 Å². The maximum atomic E-state index is 13.3. The first kappa shape index (κ1) is 22.2. The molecule has 4 rings (SSSR count). The zero-order valence-corrected chi connectivity index (χ0v) is 19.7. The molecule has 2 aromatic heterocycles. The number of benzene rings is 1. The minimum atomic E-state index is 0.126. The summed E-state index contributed by atoms with van der Waals surface area (Å²) in [6.45, 7) is 10.1. The van der Waals surface area contributed by atoms with Crippen LogP contribution in [0.5, 0.6) is 0 Å². The maximum absolute atomic E-state index is 13.3. The molecule has 0 bridgehead atoms. The summed E-state index contributed by atoms with van der Waals surface area (Å²) < 4.78 is 0. The summed E-state index contributed by atoms with van der Waals surface area (Å²) in [5, 5.41) is 1.00. The molecule has 1 saturated heterocycles. The first-order valence-electron chi connectivity index (χ1n) is 11.8. The minimum absolute atomic E-state index is 0.126. The number of hydrogen-bond acceptors (Lipinski definition) is 4. The first-order chi connectivity index (χ1) is 15.5. The number of carbonyl (C=O) groups excluding carboxylic acids is 1. The van der Waals surface area contributed by atoms with Gasteiger partial charge in [0, 0.05) is 62.6 Å². The van der Waals surface area contributed by atoms with Gasteiger partial charge in [0.25, 0.3) is 5.91 Å². The number of anilines is 2. The lowest BCUT2D eigenvalue weighted by Gasteiger charge is -2.41. The summed E-state index contributed by atoms with van der Waals surface area (Å²) >= 11 is 0. The molecule has 1 aliphatic rings. The Bertz CT molecular complexity index is 1050. The highest BCUT2D eigenvalue weighted by Gasteiger charge is 2.30. The predicted molar refractivity (Wildman–Crippen MR) is 133 cm³/mol. The molecular weight excluding hydrogens is 398 g/mol. The van der Waals surface area contributed by atoms with Crippen molar-refractivity contribution in [1.29, 1.82) is 0 Å². The van der Waals surface area contributed by atoms with Gasteiger partial charge in [0.1, 0.15) is 0 Å². The van der Waals surface area contributed by atoms with Gasteiger partial charge in [-0.2, -0.15) is 0 Å². The standard InChI is InChI=1S/C26H35N5O/c1-5-29(4)24-11-8-14-27-25(24)31(18-19(2)3)20-12-15-30(16-13-20)26(32)22-17-28-23-10-7-6-9-21(22)23/h6-11,14,17,19-20,28H,5,12-13,15-16,18H2,1-4H3. The third kappa shape index (κ3) is 4.45. The van der Waals surface area contributed by atoms with E-state index in [0.29, 0.717) is 12.0 Å². The first-order valence-corrected chi connectivity index (χ1v) is 11.8. The van der Waals surface area contributed by atoms with E-state index in [4.69, 9.17) is 4.98 Å². The summed E-state index contributed by atoms with van der Waals surface area (Å²) in [5.41, 5.74) is 2.96. The van der Waals surface area contributed by atoms with Gasteiger partial charge < -0.3 is 19.7 Å². The summed E-state index contributed by atoms with van der Waals surface area (Å²) in [5.74, 6) is 1.72. The van der Waals surface area contributed by atoms with Crippen LogP contribution in [0.3, 0.4) is 0 Å². The van der Waals surface area contributed by atoms with Crippen molar-refractivity contribution >= 4 is 28.3 Å². The fourth-order valence-corrected chi connectivity index (χ4v) is 4.68. The monoisotopic (exact) mass is 433 g/mol. The van der Waals surface area contributed by atoms with Crippen LogP contribution in [0.15, 0.2) is 48.8 Å². The molecule has 1 fully saturated rings. The normalized spacial score (nSPS) is 14.8. The van der Waals surface area contributed by atoms with Crippen molar-refractivity contribution < 1.29 is 4.79 Å². The SMILES string of the molecule is CCN(C)c1cccnc1N(CC(C)C)C1CCN(C(=O)c2c[nH]c3ccccc23)CC1. The minimum Gasteiger partial charge on any atom is -0.372 e. The summed E-state index contributed by atoms with van der Waals surface area (Å²) in [6, 6.07) is 12.6. The van der Waals surface area contributed by atoms with E-state index in [9.17, 15) is 4.79 Å². The van der Waals surface area contributed by atoms with Gasteiger partial charge in [0.05, 0.1) is 11.3 Å². The highest BCUT2D eigenvalue weighted by molar-refractivity contribution is 6.06. The second-order valence-corrected chi connectivity index (χ2v) is 9.18. The Morgan fingerprint density at radius 3 is 2.66 bits per heavy atom. The van der Waals surface area contributed by atoms with Gasteiger partial charge in [0.2, 0.25) is 0 Å². The fraction of sp³-hybridized carbons (Fsp3) is 0.462. The van der Waals surface area contributed by atoms with E-state index in [0.717, 1.165) is 61.3 Å². The number of likely N-dealkylation sites (tertiary alicyclic amines) is 1. The number of aromatic nitrogens is 2. The molecule has 3 aromatic rings. The van der Waals surface area contributed by atoms with E-state index in [-0.39, 0.29) is 5.91 Å². The lowest BCUT2D eigenvalue weighted by Crippen LogP contribution is -2.48. The number of amides is 1. The largest absolute Gasteiger partial charge is 0.372 e. The van der Waals surface area contributed by atoms with Crippen molar-refractivity contribution in [3.63, 3.8) is 0 Å². The van der Waals surface area contributed by atoms with Crippen molar-refractivity contribution in [3.8, 4) is 0 Å². The number of carbonyl (C=O) groups is 1. The van der Waals surface area contributed by atoms with E-state index in [1.165, 1.54) is 5.69 Å². The highest BCUT2D eigenvalue weighted by Crippen LogP contribution is 2.31. The van der Waals surface area contributed by atoms with Crippen molar-refractivity contribution in [3.05, 3.63) is 54.4 Å². The van der Waals surface area contributed by atoms with Crippen LogP contribution in [0.1, 0.15) is 44.0 Å². The van der Waals surface area contributed by atoms with Crippen LogP contribution in [0.2, 0.25) is 0 Å². The Labute approximate surface area is 191 Å². The quantitative estimate of drug-likeness (QED) is 0.582. The average Bonchev–Trinajstić information content (AvgIpc) is 3.26. The van der Waals surface area contributed by atoms with Gasteiger partial charge in [-0.25, -0.2) is 4.98 Å². The zero-order chi connectivity index (χ0) is 22.7. The van der Waals surface area contributed by atoms with Crippen LogP contribution < -0.4 is 9.80 Å². The van der Waals surface area contributed by atoms with Crippen LogP contribution in [-0.4, -0.2) is 60.0 Å². The number of piperidine rings is 1. The molecule has 0 atom stereocenters. The molecule has 1 aliphatic heterocycles. The fourth-order valence-electron chi connectivity index (χ4n) is 4.68. The molecule has 170 valence electrons. The summed E-state index contributed by atoms with van der Waals surface area (Å²) in [4.78, 5) is 28.0. The number of rotatable bonds is 7. The van der Waals surface area contributed by atoms with Crippen LogP contribution >= 0.6 is 0 Å². The Kier molecular flexibility index (Phi) is 6.68. The molecule has 6 heteroatoms. The molecule has 1 amide bonds. The van der Waals surface area contributed by atoms with E-state index in [2.05, 4.69) is 48.7 Å². The molecule has 3 heterocycles. The van der Waals surface area contributed by atoms with Gasteiger partial charge in [-0.15, -0.1) is 0 Å². The van der Waals surface area contributed by atoms with E-state index in [1.54, 1.807) is 0 Å². The van der Waals surface area contributed by atoms with Crippen LogP contribution in [-0.2, 0) is 0 Å². The Hall–Kier alpha value is -3.02. The molecule has 0 unspecified atom stereocenters. The highest BCUT2D eigenvalue weighted by atomic mass is 16.2. The average molecular weight is 434 g/mol. The van der Waals surface area contributed by atoms with E-state index in [1.807, 2.05) is 47.6 Å². The molecule has 0 radical (unpaired) electrons. The lowest BCUT2D eigenvalue weighted by atomic mass is 10.00. The number of nitrogens with zero attached hydrogens (tertiary/aromatic N) is 4. The Balaban J connectivity index is 1.51. The van der Waals surface area contributed by atoms with Crippen LogP contribution in [0.25, 0.3) is 10.9 Å². The molecule has 0 saturated carbocycles. The number of fused-ring (bicyclic) bond motifs is 1. The smallest absolute Gasteiger partial charge is 0.256 e. The molecule has 0 spiro atoms. The molecule has 0 aliphatic carbocycles. The Morgan fingerprint density at radius 2 is 1.94 bits per heavy atom. The van der Waals surface area contributed by atoms with Crippen molar-refractivity contribution in [2.75, 3.05) is 43.0 Å². The summed E-state index contributed by atoms with van der Waals surface area (Å²) in [6.07, 6.45) is 5.65. The second-order valence-electron chi connectivity index (χ2n) is 9.18. The molecule has 1 N–H and O–H groups in total. The third-order valence-corrected chi connectivity index (χ3v) is 6.50. The number of H-pyrrole nitrogens is 1. The molecule has 1 aromatic carbocycles. The topological polar surface area (TPSA) is 55.5 Å². The number of hydrogen-bond donors (Lipinski definition) is 1. The molecular formula is C26H35N5O. The van der Waals surface area contributed by atoms with Gasteiger partial charge in [-0.1, -0.05) is 32.0 Å².